The van der Waals surface area contributed by atoms with Crippen LogP contribution in [0.15, 0.2) is 49.1 Å². The summed E-state index contributed by atoms with van der Waals surface area (Å²) in [6.45, 7) is 17.1. The van der Waals surface area contributed by atoms with Crippen LogP contribution in [-0.4, -0.2) is 34.5 Å². The zero-order valence-electron chi connectivity index (χ0n) is 16.9. The minimum absolute atomic E-state index is 0.0633. The maximum Gasteiger partial charge on any atom is 0.332 e. The van der Waals surface area contributed by atoms with E-state index in [1.54, 1.807) is 7.11 Å². The van der Waals surface area contributed by atoms with Crippen molar-refractivity contribution in [1.82, 2.24) is 0 Å². The van der Waals surface area contributed by atoms with Crippen molar-refractivity contribution in [3.8, 4) is 5.75 Å². The summed E-state index contributed by atoms with van der Waals surface area (Å²) in [7, 11) is -0.578. The van der Waals surface area contributed by atoms with Crippen molar-refractivity contribution in [1.29, 1.82) is 0 Å². The van der Waals surface area contributed by atoms with Gasteiger partial charge in [0.15, 0.2) is 0 Å². The Morgan fingerprint density at radius 1 is 1.23 bits per heavy atom. The highest BCUT2D eigenvalue weighted by molar-refractivity contribution is 6.64. The topological polar surface area (TPSA) is 36.9 Å². The molecule has 0 unspecified atom stereocenters. The summed E-state index contributed by atoms with van der Waals surface area (Å²) in [5, 5.41) is 0. The molecular weight excluding hydrogens is 344 g/mol. The highest BCUT2D eigenvalue weighted by Gasteiger charge is 2.31. The predicted octanol–water partition coefficient (Wildman–Crippen LogP) is 5.25. The van der Waals surface area contributed by atoms with E-state index in [0.29, 0.717) is 13.2 Å². The van der Waals surface area contributed by atoms with E-state index in [4.69, 9.17) is 18.3 Å². The molecule has 0 radical (unpaired) electrons. The Labute approximate surface area is 160 Å². The van der Waals surface area contributed by atoms with Crippen LogP contribution >= 0.6 is 0 Å². The summed E-state index contributed by atoms with van der Waals surface area (Å²) in [5.74, 6) is 0.842. The number of methoxy groups -OCH3 is 1. The smallest absolute Gasteiger partial charge is 0.332 e. The molecular formula is C21H34O4Si. The predicted molar refractivity (Wildman–Crippen MR) is 110 cm³/mol. The third kappa shape index (κ3) is 8.81. The normalized spacial score (nSPS) is 13.9. The number of hydrogen-bond donors (Lipinski definition) is 0. The van der Waals surface area contributed by atoms with Gasteiger partial charge in [-0.05, 0) is 57.5 Å². The van der Waals surface area contributed by atoms with Gasteiger partial charge >= 0.3 is 8.56 Å². The lowest BCUT2D eigenvalue weighted by atomic mass is 10.1. The van der Waals surface area contributed by atoms with Gasteiger partial charge in [-0.25, -0.2) is 0 Å². The lowest BCUT2D eigenvalue weighted by Crippen LogP contribution is -2.43. The average molecular weight is 379 g/mol. The van der Waals surface area contributed by atoms with Gasteiger partial charge in [-0.1, -0.05) is 23.8 Å². The van der Waals surface area contributed by atoms with Gasteiger partial charge in [0.1, 0.15) is 5.75 Å². The minimum Gasteiger partial charge on any atom is -0.497 e. The number of benzene rings is 1. The fraction of sp³-hybridized carbons (Fsp3) is 0.524. The molecule has 0 saturated carbocycles. The molecule has 0 aliphatic carbocycles. The van der Waals surface area contributed by atoms with E-state index < -0.39 is 8.56 Å². The monoisotopic (exact) mass is 378 g/mol. The molecule has 0 aliphatic heterocycles. The van der Waals surface area contributed by atoms with Crippen LogP contribution in [0, 0.1) is 0 Å². The van der Waals surface area contributed by atoms with Crippen molar-refractivity contribution in [3.63, 3.8) is 0 Å². The second-order valence-corrected chi connectivity index (χ2v) is 10.3. The fourth-order valence-electron chi connectivity index (χ4n) is 2.43. The van der Waals surface area contributed by atoms with E-state index in [0.717, 1.165) is 29.7 Å². The molecule has 4 nitrogen and oxygen atoms in total. The van der Waals surface area contributed by atoms with Crippen LogP contribution in [0.5, 0.6) is 5.75 Å². The van der Waals surface area contributed by atoms with Gasteiger partial charge in [0.2, 0.25) is 0 Å². The Balaban J connectivity index is 2.57. The molecule has 0 aromatic heterocycles. The number of ether oxygens (including phenoxy) is 2. The number of hydrogen-bond acceptors (Lipinski definition) is 4. The van der Waals surface area contributed by atoms with Gasteiger partial charge in [0.25, 0.3) is 0 Å². The molecule has 1 aromatic rings. The summed E-state index contributed by atoms with van der Waals surface area (Å²) >= 11 is 0. The molecule has 0 spiro atoms. The Hall–Kier alpha value is -1.40. The number of rotatable bonds is 13. The molecule has 0 N–H and O–H groups in total. The van der Waals surface area contributed by atoms with Gasteiger partial charge in [-0.2, -0.15) is 0 Å². The summed E-state index contributed by atoms with van der Waals surface area (Å²) in [4.78, 5) is 0. The van der Waals surface area contributed by atoms with Crippen LogP contribution < -0.4 is 4.74 Å². The Kier molecular flexibility index (Phi) is 9.87. The second kappa shape index (κ2) is 11.3. The van der Waals surface area contributed by atoms with Crippen LogP contribution in [0.4, 0.5) is 0 Å². The molecule has 0 saturated heterocycles. The average Bonchev–Trinajstić information content (AvgIpc) is 2.59. The van der Waals surface area contributed by atoms with Gasteiger partial charge in [-0.15, -0.1) is 13.2 Å². The van der Waals surface area contributed by atoms with Crippen molar-refractivity contribution in [3.05, 3.63) is 54.6 Å². The maximum absolute atomic E-state index is 6.32. The van der Waals surface area contributed by atoms with Crippen molar-refractivity contribution in [2.24, 2.45) is 0 Å². The Bertz CT molecular complexity index is 554. The quantitative estimate of drug-likeness (QED) is 0.347. The van der Waals surface area contributed by atoms with Crippen molar-refractivity contribution in [2.75, 3.05) is 13.7 Å². The van der Waals surface area contributed by atoms with E-state index in [2.05, 4.69) is 26.3 Å². The Morgan fingerprint density at radius 2 is 1.88 bits per heavy atom. The summed E-state index contributed by atoms with van der Waals surface area (Å²) < 4.78 is 23.5. The first kappa shape index (κ1) is 22.6. The molecule has 1 aromatic carbocycles. The molecule has 0 fully saturated rings. The molecule has 1 rings (SSSR count). The first-order chi connectivity index (χ1) is 12.3. The van der Waals surface area contributed by atoms with Crippen LogP contribution in [0.25, 0.3) is 0 Å². The maximum atomic E-state index is 6.32. The van der Waals surface area contributed by atoms with Crippen LogP contribution in [-0.2, 0) is 20.2 Å². The van der Waals surface area contributed by atoms with E-state index in [1.807, 2.05) is 44.2 Å². The van der Waals surface area contributed by atoms with E-state index in [9.17, 15) is 0 Å². The van der Waals surface area contributed by atoms with E-state index in [1.165, 1.54) is 0 Å². The lowest BCUT2D eigenvalue weighted by molar-refractivity contribution is -0.0359. The van der Waals surface area contributed by atoms with Gasteiger partial charge in [-0.3, -0.25) is 0 Å². The lowest BCUT2D eigenvalue weighted by Gasteiger charge is -2.32. The molecule has 26 heavy (non-hydrogen) atoms. The summed E-state index contributed by atoms with van der Waals surface area (Å²) in [6.07, 6.45) is 3.32. The minimum atomic E-state index is -2.24. The summed E-state index contributed by atoms with van der Waals surface area (Å²) in [5.41, 5.74) is 2.22. The van der Waals surface area contributed by atoms with Crippen molar-refractivity contribution >= 4 is 8.56 Å². The largest absolute Gasteiger partial charge is 0.497 e. The standard InChI is InChI=1S/C21H34O4Si/c1-8-9-21(25-26(6,7)24-15-14-17(2)3)18(4)23-16-19-10-12-20(22-5)13-11-19/h8,10-13,18,21H,1-2,9,14-16H2,3-7H3/t18-,21-/m0/s1. The van der Waals surface area contributed by atoms with Gasteiger partial charge in [0.05, 0.1) is 25.9 Å². The highest BCUT2D eigenvalue weighted by atomic mass is 28.4. The molecule has 146 valence electrons. The summed E-state index contributed by atoms with van der Waals surface area (Å²) in [6, 6.07) is 7.89. The Morgan fingerprint density at radius 3 is 2.42 bits per heavy atom. The van der Waals surface area contributed by atoms with Crippen LogP contribution in [0.3, 0.4) is 0 Å². The first-order valence-electron chi connectivity index (χ1n) is 9.09. The molecule has 0 aliphatic rings. The zero-order valence-corrected chi connectivity index (χ0v) is 17.9. The SMILES string of the molecule is C=CC[C@H](O[Si](C)(C)OCCC(=C)C)[C@H](C)OCc1ccc(OC)cc1. The van der Waals surface area contributed by atoms with Gasteiger partial charge in [0, 0.05) is 6.61 Å². The van der Waals surface area contributed by atoms with Crippen LogP contribution in [0.2, 0.25) is 13.1 Å². The first-order valence-corrected chi connectivity index (χ1v) is 11.9. The van der Waals surface area contributed by atoms with Crippen LogP contribution in [0.1, 0.15) is 32.3 Å². The second-order valence-electron chi connectivity index (χ2n) is 7.00. The molecule has 0 bridgehead atoms. The van der Waals surface area contributed by atoms with E-state index >= 15 is 0 Å². The van der Waals surface area contributed by atoms with E-state index in [-0.39, 0.29) is 12.2 Å². The fourth-order valence-corrected chi connectivity index (χ4v) is 4.10. The zero-order chi connectivity index (χ0) is 19.6. The molecule has 0 heterocycles. The highest BCUT2D eigenvalue weighted by Crippen LogP contribution is 2.19. The molecule has 2 atom stereocenters. The van der Waals surface area contributed by atoms with Crippen molar-refractivity contribution in [2.45, 2.75) is 58.6 Å². The third-order valence-electron chi connectivity index (χ3n) is 4.01. The van der Waals surface area contributed by atoms with Gasteiger partial charge < -0.3 is 18.3 Å². The molecule has 0 amide bonds. The third-order valence-corrected chi connectivity index (χ3v) is 5.78. The van der Waals surface area contributed by atoms with Crippen molar-refractivity contribution < 1.29 is 18.3 Å². The molecule has 5 heteroatoms.